The maximum Gasteiger partial charge on any atom is 0.223 e. The molecule has 0 amide bonds. The molecule has 2 rings (SSSR count). The van der Waals surface area contributed by atoms with E-state index in [1.165, 1.54) is 0 Å². The second kappa shape index (κ2) is 5.51. The Hall–Kier alpha value is -1.07. The molecule has 1 fully saturated rings. The van der Waals surface area contributed by atoms with Gasteiger partial charge in [-0.15, -0.1) is 0 Å². The number of nitrogen functional groups attached to an aromatic ring is 1. The molecule has 1 aliphatic heterocycles. The Morgan fingerprint density at radius 2 is 2.18 bits per heavy atom. The molecular weight excluding hydrogens is 240 g/mol. The third kappa shape index (κ3) is 3.44. The second-order valence-electron chi connectivity index (χ2n) is 4.34. The molecule has 6 heteroatoms. The standard InChI is InChI=1S/C11H17ClN4O/c1-16(7-8-2-4-17-5-3-8)10-6-9(12)14-11(13)15-10/h6,8H,2-5,7H2,1H3,(H2,13,14,15). The molecule has 2 N–H and O–H groups in total. The van der Waals surface area contributed by atoms with Crippen LogP contribution in [0.2, 0.25) is 5.15 Å². The molecular formula is C11H17ClN4O. The topological polar surface area (TPSA) is 64.3 Å². The molecule has 1 aromatic rings. The summed E-state index contributed by atoms with van der Waals surface area (Å²) in [5, 5.41) is 0.381. The van der Waals surface area contributed by atoms with Gasteiger partial charge >= 0.3 is 0 Å². The summed E-state index contributed by atoms with van der Waals surface area (Å²) >= 11 is 5.86. The van der Waals surface area contributed by atoms with Crippen molar-refractivity contribution in [2.75, 3.05) is 37.4 Å². The zero-order valence-corrected chi connectivity index (χ0v) is 10.7. The molecule has 0 bridgehead atoms. The molecule has 0 aromatic carbocycles. The first-order valence-electron chi connectivity index (χ1n) is 5.74. The van der Waals surface area contributed by atoms with Crippen LogP contribution in [0, 0.1) is 5.92 Å². The number of nitrogens with zero attached hydrogens (tertiary/aromatic N) is 3. The number of ether oxygens (including phenoxy) is 1. The first-order valence-corrected chi connectivity index (χ1v) is 6.12. The van der Waals surface area contributed by atoms with Crippen molar-refractivity contribution in [3.63, 3.8) is 0 Å². The molecule has 0 saturated carbocycles. The average Bonchev–Trinajstić information content (AvgIpc) is 2.29. The number of nitrogens with two attached hydrogens (primary N) is 1. The van der Waals surface area contributed by atoms with E-state index in [9.17, 15) is 0 Å². The SMILES string of the molecule is CN(CC1CCOCC1)c1cc(Cl)nc(N)n1. The third-order valence-corrected chi connectivity index (χ3v) is 3.16. The monoisotopic (exact) mass is 256 g/mol. The van der Waals surface area contributed by atoms with Crippen LogP contribution in [-0.2, 0) is 4.74 Å². The van der Waals surface area contributed by atoms with Crippen LogP contribution in [0.5, 0.6) is 0 Å². The van der Waals surface area contributed by atoms with Crippen LogP contribution >= 0.6 is 11.6 Å². The molecule has 1 aromatic heterocycles. The summed E-state index contributed by atoms with van der Waals surface area (Å²) in [5.74, 6) is 1.63. The van der Waals surface area contributed by atoms with Gasteiger partial charge in [0.1, 0.15) is 11.0 Å². The lowest BCUT2D eigenvalue weighted by molar-refractivity contribution is 0.0685. The van der Waals surface area contributed by atoms with Crippen molar-refractivity contribution in [3.05, 3.63) is 11.2 Å². The summed E-state index contributed by atoms with van der Waals surface area (Å²) in [6, 6.07) is 1.73. The first kappa shape index (κ1) is 12.4. The Balaban J connectivity index is 2.00. The molecule has 5 nitrogen and oxygen atoms in total. The largest absolute Gasteiger partial charge is 0.381 e. The Labute approximate surface area is 106 Å². The molecule has 0 unspecified atom stereocenters. The first-order chi connectivity index (χ1) is 8.15. The number of halogens is 1. The van der Waals surface area contributed by atoms with E-state index in [1.54, 1.807) is 6.07 Å². The lowest BCUT2D eigenvalue weighted by Crippen LogP contribution is -2.30. The minimum absolute atomic E-state index is 0.214. The van der Waals surface area contributed by atoms with E-state index < -0.39 is 0 Å². The van der Waals surface area contributed by atoms with Gasteiger partial charge in [0.15, 0.2) is 0 Å². The van der Waals surface area contributed by atoms with E-state index in [1.807, 2.05) is 7.05 Å². The van der Waals surface area contributed by atoms with Gasteiger partial charge in [0, 0.05) is 32.9 Å². The predicted octanol–water partition coefficient (Wildman–Crippen LogP) is 1.57. The van der Waals surface area contributed by atoms with Crippen LogP contribution in [0.15, 0.2) is 6.07 Å². The van der Waals surface area contributed by atoms with Gasteiger partial charge in [-0.1, -0.05) is 11.6 Å². The van der Waals surface area contributed by atoms with E-state index in [4.69, 9.17) is 22.1 Å². The lowest BCUT2D eigenvalue weighted by Gasteiger charge is -2.27. The molecule has 17 heavy (non-hydrogen) atoms. The fraction of sp³-hybridized carbons (Fsp3) is 0.636. The smallest absolute Gasteiger partial charge is 0.223 e. The highest BCUT2D eigenvalue weighted by Crippen LogP contribution is 2.20. The van der Waals surface area contributed by atoms with Crippen LogP contribution < -0.4 is 10.6 Å². The highest BCUT2D eigenvalue weighted by molar-refractivity contribution is 6.29. The summed E-state index contributed by atoms with van der Waals surface area (Å²) in [5.41, 5.74) is 5.58. The molecule has 94 valence electrons. The van der Waals surface area contributed by atoms with Crippen molar-refractivity contribution in [1.82, 2.24) is 9.97 Å². The van der Waals surface area contributed by atoms with Crippen LogP contribution in [-0.4, -0.2) is 36.8 Å². The van der Waals surface area contributed by atoms with Crippen LogP contribution in [0.25, 0.3) is 0 Å². The fourth-order valence-corrected chi connectivity index (χ4v) is 2.21. The molecule has 1 saturated heterocycles. The van der Waals surface area contributed by atoms with Crippen molar-refractivity contribution in [2.45, 2.75) is 12.8 Å². The summed E-state index contributed by atoms with van der Waals surface area (Å²) in [6.07, 6.45) is 2.19. The van der Waals surface area contributed by atoms with Crippen LogP contribution in [0.4, 0.5) is 11.8 Å². The number of anilines is 2. The van der Waals surface area contributed by atoms with Gasteiger partial charge in [-0.25, -0.2) is 4.98 Å². The number of hydrogen-bond donors (Lipinski definition) is 1. The van der Waals surface area contributed by atoms with Gasteiger partial charge in [0.2, 0.25) is 5.95 Å². The van der Waals surface area contributed by atoms with Gasteiger partial charge in [-0.05, 0) is 18.8 Å². The van der Waals surface area contributed by atoms with Gasteiger partial charge in [-0.3, -0.25) is 0 Å². The van der Waals surface area contributed by atoms with E-state index in [2.05, 4.69) is 14.9 Å². The summed E-state index contributed by atoms with van der Waals surface area (Å²) in [7, 11) is 1.99. The maximum absolute atomic E-state index is 5.86. The van der Waals surface area contributed by atoms with Crippen molar-refractivity contribution in [1.29, 1.82) is 0 Å². The minimum Gasteiger partial charge on any atom is -0.381 e. The maximum atomic E-state index is 5.86. The van der Waals surface area contributed by atoms with Gasteiger partial charge < -0.3 is 15.4 Å². The van der Waals surface area contributed by atoms with E-state index in [-0.39, 0.29) is 5.95 Å². The molecule has 0 radical (unpaired) electrons. The quantitative estimate of drug-likeness (QED) is 0.832. The summed E-state index contributed by atoms with van der Waals surface area (Å²) in [6.45, 7) is 2.65. The minimum atomic E-state index is 0.214. The van der Waals surface area contributed by atoms with Crippen molar-refractivity contribution in [3.8, 4) is 0 Å². The zero-order chi connectivity index (χ0) is 12.3. The number of rotatable bonds is 3. The van der Waals surface area contributed by atoms with Crippen molar-refractivity contribution in [2.24, 2.45) is 5.92 Å². The molecule has 0 spiro atoms. The molecule has 2 heterocycles. The normalized spacial score (nSPS) is 17.1. The molecule has 0 atom stereocenters. The van der Waals surface area contributed by atoms with Gasteiger partial charge in [-0.2, -0.15) is 4.98 Å². The summed E-state index contributed by atoms with van der Waals surface area (Å²) < 4.78 is 5.34. The van der Waals surface area contributed by atoms with Gasteiger partial charge in [0.05, 0.1) is 0 Å². The number of aromatic nitrogens is 2. The average molecular weight is 257 g/mol. The highest BCUT2D eigenvalue weighted by atomic mass is 35.5. The predicted molar refractivity (Wildman–Crippen MR) is 68.3 cm³/mol. The Kier molecular flexibility index (Phi) is 4.02. The third-order valence-electron chi connectivity index (χ3n) is 2.96. The van der Waals surface area contributed by atoms with Gasteiger partial charge in [0.25, 0.3) is 0 Å². The molecule has 1 aliphatic rings. The fourth-order valence-electron chi connectivity index (χ4n) is 2.03. The number of hydrogen-bond acceptors (Lipinski definition) is 5. The highest BCUT2D eigenvalue weighted by Gasteiger charge is 2.17. The van der Waals surface area contributed by atoms with Crippen molar-refractivity contribution >= 4 is 23.4 Å². The van der Waals surface area contributed by atoms with Crippen LogP contribution in [0.3, 0.4) is 0 Å². The zero-order valence-electron chi connectivity index (χ0n) is 9.90. The Bertz CT molecular complexity index is 361. The van der Waals surface area contributed by atoms with E-state index in [0.29, 0.717) is 11.1 Å². The second-order valence-corrected chi connectivity index (χ2v) is 4.73. The lowest BCUT2D eigenvalue weighted by atomic mass is 10.00. The van der Waals surface area contributed by atoms with Crippen LogP contribution in [0.1, 0.15) is 12.8 Å². The Morgan fingerprint density at radius 1 is 1.47 bits per heavy atom. The van der Waals surface area contributed by atoms with E-state index in [0.717, 1.165) is 38.4 Å². The molecule has 0 aliphatic carbocycles. The van der Waals surface area contributed by atoms with E-state index >= 15 is 0 Å². The summed E-state index contributed by atoms with van der Waals surface area (Å²) in [4.78, 5) is 10.1. The Morgan fingerprint density at radius 3 is 2.82 bits per heavy atom. The van der Waals surface area contributed by atoms with Crippen molar-refractivity contribution < 1.29 is 4.74 Å².